The topological polar surface area (TPSA) is 41.4 Å². The first kappa shape index (κ1) is 18.5. The molecule has 1 amide bonds. The van der Waals surface area contributed by atoms with Crippen molar-refractivity contribution in [2.24, 2.45) is 5.92 Å². The number of hydrogen-bond acceptors (Lipinski definition) is 3. The predicted molar refractivity (Wildman–Crippen MR) is 105 cm³/mol. The Kier molecular flexibility index (Phi) is 5.64. The average molecular weight is 354 g/mol. The number of nitrogens with zero attached hydrogens (tertiary/aromatic N) is 4. The lowest BCUT2D eigenvalue weighted by Gasteiger charge is -2.23. The van der Waals surface area contributed by atoms with E-state index in [1.54, 1.807) is 0 Å². The standard InChI is InChI=1S/C21H30N4O/c1-16-17(2)22-25(18(16)3)13-11-21(26)23(4)14-19-10-12-24(15-19)20-8-6-5-7-9-20/h5-9,19H,10-15H2,1-4H3/t19-/m0/s1. The van der Waals surface area contributed by atoms with Gasteiger partial charge in [-0.2, -0.15) is 5.10 Å². The van der Waals surface area contributed by atoms with Gasteiger partial charge in [-0.25, -0.2) is 0 Å². The van der Waals surface area contributed by atoms with Gasteiger partial charge in [0.25, 0.3) is 0 Å². The van der Waals surface area contributed by atoms with Gasteiger partial charge in [0.2, 0.25) is 5.91 Å². The van der Waals surface area contributed by atoms with Crippen LogP contribution in [-0.4, -0.2) is 47.3 Å². The van der Waals surface area contributed by atoms with Crippen molar-refractivity contribution < 1.29 is 4.79 Å². The molecule has 3 rings (SSSR count). The van der Waals surface area contributed by atoms with Gasteiger partial charge in [-0.15, -0.1) is 0 Å². The monoisotopic (exact) mass is 354 g/mol. The summed E-state index contributed by atoms with van der Waals surface area (Å²) < 4.78 is 1.96. The molecule has 0 saturated carbocycles. The minimum absolute atomic E-state index is 0.202. The van der Waals surface area contributed by atoms with Crippen molar-refractivity contribution in [3.63, 3.8) is 0 Å². The van der Waals surface area contributed by atoms with Crippen molar-refractivity contribution in [1.29, 1.82) is 0 Å². The maximum Gasteiger partial charge on any atom is 0.224 e. The lowest BCUT2D eigenvalue weighted by atomic mass is 10.1. The Morgan fingerprint density at radius 2 is 1.96 bits per heavy atom. The second-order valence-electron chi connectivity index (χ2n) is 7.48. The fraction of sp³-hybridized carbons (Fsp3) is 0.524. The second kappa shape index (κ2) is 7.94. The number of para-hydroxylation sites is 1. The van der Waals surface area contributed by atoms with Gasteiger partial charge in [-0.05, 0) is 50.8 Å². The van der Waals surface area contributed by atoms with Crippen LogP contribution >= 0.6 is 0 Å². The molecule has 1 aromatic carbocycles. The van der Waals surface area contributed by atoms with Gasteiger partial charge < -0.3 is 9.80 Å². The largest absolute Gasteiger partial charge is 0.371 e. The molecule has 5 nitrogen and oxygen atoms in total. The summed E-state index contributed by atoms with van der Waals surface area (Å²) in [7, 11) is 1.93. The molecular formula is C21H30N4O. The van der Waals surface area contributed by atoms with Crippen LogP contribution in [-0.2, 0) is 11.3 Å². The van der Waals surface area contributed by atoms with E-state index >= 15 is 0 Å². The normalized spacial score (nSPS) is 16.9. The minimum Gasteiger partial charge on any atom is -0.371 e. The highest BCUT2D eigenvalue weighted by molar-refractivity contribution is 5.75. The molecule has 1 fully saturated rings. The molecule has 26 heavy (non-hydrogen) atoms. The van der Waals surface area contributed by atoms with Crippen molar-refractivity contribution in [3.8, 4) is 0 Å². The molecule has 0 N–H and O–H groups in total. The Labute approximate surface area is 156 Å². The number of carbonyl (C=O) groups excluding carboxylic acids is 1. The van der Waals surface area contributed by atoms with E-state index in [-0.39, 0.29) is 5.91 Å². The maximum atomic E-state index is 12.5. The number of aromatic nitrogens is 2. The first-order valence-corrected chi connectivity index (χ1v) is 9.50. The van der Waals surface area contributed by atoms with Crippen molar-refractivity contribution in [2.75, 3.05) is 31.6 Å². The molecule has 1 aliphatic rings. The lowest BCUT2D eigenvalue weighted by Crippen LogP contribution is -2.33. The molecule has 0 bridgehead atoms. The number of amides is 1. The van der Waals surface area contributed by atoms with E-state index in [1.807, 2.05) is 29.6 Å². The number of rotatable bonds is 6. The highest BCUT2D eigenvalue weighted by atomic mass is 16.2. The van der Waals surface area contributed by atoms with Crippen molar-refractivity contribution in [2.45, 2.75) is 40.2 Å². The summed E-state index contributed by atoms with van der Waals surface area (Å²) in [5.41, 5.74) is 4.71. The first-order valence-electron chi connectivity index (χ1n) is 9.50. The van der Waals surface area contributed by atoms with Gasteiger partial charge in [0, 0.05) is 51.0 Å². The summed E-state index contributed by atoms with van der Waals surface area (Å²) in [6.45, 7) is 9.76. The third kappa shape index (κ3) is 4.09. The van der Waals surface area contributed by atoms with Gasteiger partial charge >= 0.3 is 0 Å². The van der Waals surface area contributed by atoms with Crippen LogP contribution in [0.3, 0.4) is 0 Å². The van der Waals surface area contributed by atoms with E-state index in [2.05, 4.69) is 48.1 Å². The van der Waals surface area contributed by atoms with E-state index < -0.39 is 0 Å². The summed E-state index contributed by atoms with van der Waals surface area (Å²) in [5.74, 6) is 0.744. The Balaban J connectivity index is 1.48. The Hall–Kier alpha value is -2.30. The highest BCUT2D eigenvalue weighted by Crippen LogP contribution is 2.24. The molecule has 2 aromatic rings. The minimum atomic E-state index is 0.202. The van der Waals surface area contributed by atoms with Crippen LogP contribution in [0.4, 0.5) is 5.69 Å². The third-order valence-electron chi connectivity index (χ3n) is 5.65. The van der Waals surface area contributed by atoms with E-state index in [0.717, 1.165) is 37.4 Å². The van der Waals surface area contributed by atoms with Gasteiger partial charge in [-0.1, -0.05) is 18.2 Å². The smallest absolute Gasteiger partial charge is 0.224 e. The molecule has 1 saturated heterocycles. The first-order chi connectivity index (χ1) is 12.5. The zero-order chi connectivity index (χ0) is 18.7. The Bertz CT molecular complexity index is 753. The van der Waals surface area contributed by atoms with Gasteiger partial charge in [0.05, 0.1) is 5.69 Å². The predicted octanol–water partition coefficient (Wildman–Crippen LogP) is 3.18. The summed E-state index contributed by atoms with van der Waals surface area (Å²) in [4.78, 5) is 16.8. The summed E-state index contributed by atoms with van der Waals surface area (Å²) >= 11 is 0. The van der Waals surface area contributed by atoms with Crippen LogP contribution in [0.1, 0.15) is 29.8 Å². The molecule has 0 radical (unpaired) electrons. The van der Waals surface area contributed by atoms with Gasteiger partial charge in [0.1, 0.15) is 0 Å². The van der Waals surface area contributed by atoms with Crippen molar-refractivity contribution in [3.05, 3.63) is 47.3 Å². The fourth-order valence-electron chi connectivity index (χ4n) is 3.74. The van der Waals surface area contributed by atoms with Crippen molar-refractivity contribution in [1.82, 2.24) is 14.7 Å². The molecule has 5 heteroatoms. The number of hydrogen-bond donors (Lipinski definition) is 0. The summed E-state index contributed by atoms with van der Waals surface area (Å²) in [6, 6.07) is 10.5. The van der Waals surface area contributed by atoms with E-state index in [9.17, 15) is 4.79 Å². The van der Waals surface area contributed by atoms with E-state index in [1.165, 1.54) is 11.3 Å². The lowest BCUT2D eigenvalue weighted by molar-refractivity contribution is -0.130. The SMILES string of the molecule is Cc1nn(CCC(=O)N(C)C[C@@H]2CCN(c3ccccc3)C2)c(C)c1C. The Morgan fingerprint density at radius 1 is 1.23 bits per heavy atom. The van der Waals surface area contributed by atoms with Crippen LogP contribution < -0.4 is 4.90 Å². The van der Waals surface area contributed by atoms with Crippen LogP contribution in [0.15, 0.2) is 30.3 Å². The van der Waals surface area contributed by atoms with Crippen LogP contribution in [0.2, 0.25) is 0 Å². The van der Waals surface area contributed by atoms with Crippen LogP contribution in [0.25, 0.3) is 0 Å². The summed E-state index contributed by atoms with van der Waals surface area (Å²) in [6.07, 6.45) is 1.65. The fourth-order valence-corrected chi connectivity index (χ4v) is 3.74. The zero-order valence-corrected chi connectivity index (χ0v) is 16.4. The van der Waals surface area contributed by atoms with Gasteiger partial charge in [0.15, 0.2) is 0 Å². The zero-order valence-electron chi connectivity index (χ0n) is 16.4. The molecular weight excluding hydrogens is 324 g/mol. The molecule has 1 aliphatic heterocycles. The van der Waals surface area contributed by atoms with Crippen LogP contribution in [0, 0.1) is 26.7 Å². The van der Waals surface area contributed by atoms with E-state index in [4.69, 9.17) is 0 Å². The van der Waals surface area contributed by atoms with Crippen LogP contribution in [0.5, 0.6) is 0 Å². The third-order valence-corrected chi connectivity index (χ3v) is 5.65. The maximum absolute atomic E-state index is 12.5. The molecule has 0 unspecified atom stereocenters. The number of anilines is 1. The Morgan fingerprint density at radius 3 is 2.62 bits per heavy atom. The molecule has 2 heterocycles. The molecule has 1 aromatic heterocycles. The molecule has 0 spiro atoms. The average Bonchev–Trinajstić information content (AvgIpc) is 3.21. The quantitative estimate of drug-likeness (QED) is 0.800. The van der Waals surface area contributed by atoms with Gasteiger partial charge in [-0.3, -0.25) is 9.48 Å². The highest BCUT2D eigenvalue weighted by Gasteiger charge is 2.25. The molecule has 1 atom stereocenters. The molecule has 0 aliphatic carbocycles. The van der Waals surface area contributed by atoms with E-state index in [0.29, 0.717) is 18.9 Å². The number of carbonyl (C=O) groups is 1. The second-order valence-corrected chi connectivity index (χ2v) is 7.48. The summed E-state index contributed by atoms with van der Waals surface area (Å²) in [5, 5.41) is 4.53. The number of benzene rings is 1. The molecule has 140 valence electrons. The van der Waals surface area contributed by atoms with Crippen molar-refractivity contribution >= 4 is 11.6 Å². The number of aryl methyl sites for hydroxylation is 2.